The second-order valence-corrected chi connectivity index (χ2v) is 6.71. The number of nitrogens with one attached hydrogen (secondary N) is 1. The predicted molar refractivity (Wildman–Crippen MR) is 99.4 cm³/mol. The number of primary amides is 1. The second-order valence-electron chi connectivity index (χ2n) is 6.71. The molecule has 0 aliphatic carbocycles. The molecular weight excluding hydrogens is 334 g/mol. The van der Waals surface area contributed by atoms with E-state index in [1.165, 1.54) is 5.56 Å². The Bertz CT molecular complexity index is 591. The molecule has 1 fully saturated rings. The van der Waals surface area contributed by atoms with E-state index in [4.69, 9.17) is 15.2 Å². The van der Waals surface area contributed by atoms with Gasteiger partial charge in [0.1, 0.15) is 11.5 Å². The number of rotatable bonds is 8. The molecule has 1 aromatic rings. The van der Waals surface area contributed by atoms with Gasteiger partial charge in [0.25, 0.3) is 0 Å². The highest BCUT2D eigenvalue weighted by molar-refractivity contribution is 5.93. The van der Waals surface area contributed by atoms with Crippen molar-refractivity contribution < 1.29 is 19.1 Å². The fourth-order valence-corrected chi connectivity index (χ4v) is 3.34. The number of benzene rings is 1. The molecule has 0 radical (unpaired) electrons. The number of ether oxygens (including phenoxy) is 2. The molecule has 1 saturated heterocycles. The first kappa shape index (κ1) is 20.0. The average Bonchev–Trinajstić information content (AvgIpc) is 2.64. The summed E-state index contributed by atoms with van der Waals surface area (Å²) >= 11 is 0. The lowest BCUT2D eigenvalue weighted by molar-refractivity contribution is -0.120. The Balaban J connectivity index is 1.72. The summed E-state index contributed by atoms with van der Waals surface area (Å²) in [6.07, 6.45) is 4.68. The van der Waals surface area contributed by atoms with Gasteiger partial charge in [0, 0.05) is 19.0 Å². The van der Waals surface area contributed by atoms with Crippen molar-refractivity contribution in [2.45, 2.75) is 32.1 Å². The lowest BCUT2D eigenvalue weighted by atomic mass is 9.90. The molecular formula is C19H29N3O4. The third-order valence-corrected chi connectivity index (χ3v) is 4.88. The molecule has 1 heterocycles. The van der Waals surface area contributed by atoms with Crippen molar-refractivity contribution in [3.8, 4) is 11.5 Å². The van der Waals surface area contributed by atoms with Crippen molar-refractivity contribution in [1.29, 1.82) is 0 Å². The molecule has 3 N–H and O–H groups in total. The number of methoxy groups -OCH3 is 2. The zero-order valence-corrected chi connectivity index (χ0v) is 15.6. The van der Waals surface area contributed by atoms with Gasteiger partial charge in [-0.05, 0) is 62.4 Å². The predicted octanol–water partition coefficient (Wildman–Crippen LogP) is 1.93. The largest absolute Gasteiger partial charge is 0.497 e. The van der Waals surface area contributed by atoms with Gasteiger partial charge in [0.2, 0.25) is 5.91 Å². The van der Waals surface area contributed by atoms with Crippen LogP contribution in [-0.2, 0) is 11.2 Å². The van der Waals surface area contributed by atoms with Gasteiger partial charge in [-0.3, -0.25) is 10.1 Å². The number of nitrogens with zero attached hydrogens (tertiary/aromatic N) is 1. The smallest absolute Gasteiger partial charge is 0.318 e. The highest BCUT2D eigenvalue weighted by atomic mass is 16.5. The van der Waals surface area contributed by atoms with Crippen LogP contribution in [0.25, 0.3) is 0 Å². The number of carbonyl (C=O) groups excluding carboxylic acids is 2. The van der Waals surface area contributed by atoms with E-state index in [1.54, 1.807) is 14.2 Å². The normalized spacial score (nSPS) is 15.5. The molecule has 0 spiro atoms. The molecule has 0 bridgehead atoms. The van der Waals surface area contributed by atoms with Crippen LogP contribution in [0.5, 0.6) is 11.5 Å². The third kappa shape index (κ3) is 6.55. The van der Waals surface area contributed by atoms with Gasteiger partial charge in [0.05, 0.1) is 14.2 Å². The molecule has 26 heavy (non-hydrogen) atoms. The number of likely N-dealkylation sites (tertiary alicyclic amines) is 1. The van der Waals surface area contributed by atoms with E-state index >= 15 is 0 Å². The van der Waals surface area contributed by atoms with Gasteiger partial charge in [-0.15, -0.1) is 0 Å². The highest BCUT2D eigenvalue weighted by Gasteiger charge is 2.20. The van der Waals surface area contributed by atoms with Crippen LogP contribution in [0.3, 0.4) is 0 Å². The minimum Gasteiger partial charge on any atom is -0.497 e. The number of urea groups is 1. The van der Waals surface area contributed by atoms with Gasteiger partial charge in [-0.25, -0.2) is 4.79 Å². The Morgan fingerprint density at radius 3 is 2.31 bits per heavy atom. The molecule has 144 valence electrons. The first-order valence-electron chi connectivity index (χ1n) is 9.03. The molecule has 0 atom stereocenters. The van der Waals surface area contributed by atoms with Crippen molar-refractivity contribution in [2.24, 2.45) is 11.7 Å². The van der Waals surface area contributed by atoms with E-state index in [9.17, 15) is 9.59 Å². The van der Waals surface area contributed by atoms with Gasteiger partial charge in [-0.2, -0.15) is 0 Å². The standard InChI is InChI=1S/C19H29N3O4/c1-25-16-11-15(12-17(13-16)26-2)4-3-14-5-8-22(9-6-14)10-7-18(23)21-19(20)24/h11-14H,3-10H2,1-2H3,(H3,20,21,23,24). The fraction of sp³-hybridized carbons (Fsp3) is 0.579. The number of carbonyl (C=O) groups is 2. The minimum atomic E-state index is -0.789. The summed E-state index contributed by atoms with van der Waals surface area (Å²) in [6, 6.07) is 5.23. The maximum absolute atomic E-state index is 11.5. The first-order valence-corrected chi connectivity index (χ1v) is 9.03. The monoisotopic (exact) mass is 363 g/mol. The van der Waals surface area contributed by atoms with E-state index in [0.29, 0.717) is 18.9 Å². The van der Waals surface area contributed by atoms with Gasteiger partial charge in [0.15, 0.2) is 0 Å². The van der Waals surface area contributed by atoms with Gasteiger partial charge in [-0.1, -0.05) is 0 Å². The van der Waals surface area contributed by atoms with Crippen molar-refractivity contribution >= 4 is 11.9 Å². The van der Waals surface area contributed by atoms with E-state index in [-0.39, 0.29) is 5.91 Å². The number of amides is 3. The highest BCUT2D eigenvalue weighted by Crippen LogP contribution is 2.26. The van der Waals surface area contributed by atoms with Crippen LogP contribution in [0.4, 0.5) is 4.79 Å². The Labute approximate surface area is 154 Å². The lowest BCUT2D eigenvalue weighted by Crippen LogP contribution is -2.39. The zero-order valence-electron chi connectivity index (χ0n) is 15.6. The fourth-order valence-electron chi connectivity index (χ4n) is 3.34. The Morgan fingerprint density at radius 2 is 1.77 bits per heavy atom. The van der Waals surface area contributed by atoms with Crippen LogP contribution >= 0.6 is 0 Å². The van der Waals surface area contributed by atoms with Crippen LogP contribution in [0, 0.1) is 5.92 Å². The number of nitrogens with two attached hydrogens (primary N) is 1. The summed E-state index contributed by atoms with van der Waals surface area (Å²) in [6.45, 7) is 2.63. The number of imide groups is 1. The summed E-state index contributed by atoms with van der Waals surface area (Å²) in [5.41, 5.74) is 6.17. The molecule has 1 aromatic carbocycles. The summed E-state index contributed by atoms with van der Waals surface area (Å²) < 4.78 is 10.7. The lowest BCUT2D eigenvalue weighted by Gasteiger charge is -2.31. The molecule has 0 unspecified atom stereocenters. The first-order chi connectivity index (χ1) is 12.5. The quantitative estimate of drug-likeness (QED) is 0.736. The van der Waals surface area contributed by atoms with E-state index in [0.717, 1.165) is 50.3 Å². The molecule has 1 aliphatic heterocycles. The van der Waals surface area contributed by atoms with Crippen LogP contribution in [0.1, 0.15) is 31.2 Å². The maximum atomic E-state index is 11.5. The summed E-state index contributed by atoms with van der Waals surface area (Å²) in [4.78, 5) is 24.4. The molecule has 0 aromatic heterocycles. The molecule has 2 rings (SSSR count). The molecule has 7 nitrogen and oxygen atoms in total. The van der Waals surface area contributed by atoms with Crippen LogP contribution < -0.4 is 20.5 Å². The summed E-state index contributed by atoms with van der Waals surface area (Å²) in [7, 11) is 3.33. The third-order valence-electron chi connectivity index (χ3n) is 4.88. The van der Waals surface area contributed by atoms with Crippen LogP contribution in [0.2, 0.25) is 0 Å². The number of piperidine rings is 1. The van der Waals surface area contributed by atoms with Gasteiger partial charge < -0.3 is 20.1 Å². The number of hydrogen-bond acceptors (Lipinski definition) is 5. The van der Waals surface area contributed by atoms with Crippen LogP contribution in [0.15, 0.2) is 18.2 Å². The van der Waals surface area contributed by atoms with E-state index < -0.39 is 6.03 Å². The van der Waals surface area contributed by atoms with Crippen molar-refractivity contribution in [3.63, 3.8) is 0 Å². The maximum Gasteiger partial charge on any atom is 0.318 e. The Hall–Kier alpha value is -2.28. The van der Waals surface area contributed by atoms with Crippen molar-refractivity contribution in [2.75, 3.05) is 33.9 Å². The number of hydrogen-bond donors (Lipinski definition) is 2. The van der Waals surface area contributed by atoms with Crippen LogP contribution in [-0.4, -0.2) is 50.7 Å². The molecule has 1 aliphatic rings. The molecule has 7 heteroatoms. The van der Waals surface area contributed by atoms with E-state index in [1.807, 2.05) is 6.07 Å². The summed E-state index contributed by atoms with van der Waals surface area (Å²) in [5.74, 6) is 2.02. The SMILES string of the molecule is COc1cc(CCC2CCN(CCC(=O)NC(N)=O)CC2)cc(OC)c1. The second kappa shape index (κ2) is 10.0. The van der Waals surface area contributed by atoms with Gasteiger partial charge >= 0.3 is 6.03 Å². The minimum absolute atomic E-state index is 0.303. The zero-order chi connectivity index (χ0) is 18.9. The average molecular weight is 363 g/mol. The molecule has 3 amide bonds. The Morgan fingerprint density at radius 1 is 1.15 bits per heavy atom. The van der Waals surface area contributed by atoms with Crippen molar-refractivity contribution in [1.82, 2.24) is 10.2 Å². The van der Waals surface area contributed by atoms with Crippen molar-refractivity contribution in [3.05, 3.63) is 23.8 Å². The summed E-state index contributed by atoms with van der Waals surface area (Å²) in [5, 5.41) is 2.10. The topological polar surface area (TPSA) is 93.9 Å². The molecule has 0 saturated carbocycles. The number of aryl methyl sites for hydroxylation is 1. The Kier molecular flexibility index (Phi) is 7.72. The van der Waals surface area contributed by atoms with E-state index in [2.05, 4.69) is 22.3 Å².